The summed E-state index contributed by atoms with van der Waals surface area (Å²) >= 11 is 0. The second-order valence-corrected chi connectivity index (χ2v) is 4.80. The Hall–Kier alpha value is -2.68. The van der Waals surface area contributed by atoms with E-state index in [-0.39, 0.29) is 11.7 Å². The molecule has 1 amide bonds. The van der Waals surface area contributed by atoms with Crippen molar-refractivity contribution in [2.24, 2.45) is 0 Å². The van der Waals surface area contributed by atoms with Gasteiger partial charge in [0.05, 0.1) is 11.3 Å². The van der Waals surface area contributed by atoms with Crippen LogP contribution in [0.4, 0.5) is 0 Å². The van der Waals surface area contributed by atoms with Crippen LogP contribution < -0.4 is 5.32 Å². The number of fused-ring (bicyclic) bond motifs is 1. The van der Waals surface area contributed by atoms with Crippen molar-refractivity contribution >= 4 is 17.8 Å². The fraction of sp³-hybridized carbons (Fsp3) is 0.0588. The Morgan fingerprint density at radius 3 is 2.25 bits per heavy atom. The molecule has 1 N–H and O–H groups in total. The second kappa shape index (κ2) is 4.78. The van der Waals surface area contributed by atoms with Gasteiger partial charge in [0.15, 0.2) is 0 Å². The largest absolute Gasteiger partial charge is 0.319 e. The molecule has 0 aromatic heterocycles. The maximum atomic E-state index is 12.4. The third-order valence-corrected chi connectivity index (χ3v) is 3.30. The molecule has 0 fully saturated rings. The lowest BCUT2D eigenvalue weighted by Crippen LogP contribution is -2.34. The molecular formula is C17H13NO2. The first-order chi connectivity index (χ1) is 9.65. The first-order valence-corrected chi connectivity index (χ1v) is 6.38. The molecule has 0 bridgehead atoms. The van der Waals surface area contributed by atoms with E-state index in [2.05, 4.69) is 5.32 Å². The van der Waals surface area contributed by atoms with E-state index in [0.29, 0.717) is 16.8 Å². The molecule has 20 heavy (non-hydrogen) atoms. The Morgan fingerprint density at radius 2 is 1.55 bits per heavy atom. The number of benzene rings is 2. The van der Waals surface area contributed by atoms with E-state index in [9.17, 15) is 9.59 Å². The molecular weight excluding hydrogens is 250 g/mol. The number of hydrogen-bond donors (Lipinski definition) is 1. The van der Waals surface area contributed by atoms with Crippen LogP contribution in [-0.4, -0.2) is 11.7 Å². The average Bonchev–Trinajstić information content (AvgIpc) is 2.47. The predicted molar refractivity (Wildman–Crippen MR) is 77.4 cm³/mol. The smallest absolute Gasteiger partial charge is 0.256 e. The summed E-state index contributed by atoms with van der Waals surface area (Å²) in [4.78, 5) is 24.3. The zero-order valence-electron chi connectivity index (χ0n) is 11.0. The number of aryl methyl sites for hydroxylation is 1. The van der Waals surface area contributed by atoms with Crippen molar-refractivity contribution in [2.75, 3.05) is 0 Å². The fourth-order valence-corrected chi connectivity index (χ4v) is 2.20. The standard InChI is InChI=1S/C17H13NO2/c1-11-6-8-12(9-7-11)10-15-16(19)13-4-2-3-5-14(13)17(20)18-15/h2-10H,1H3,(H,18,20)/b15-10-. The first kappa shape index (κ1) is 12.4. The van der Waals surface area contributed by atoms with Crippen molar-refractivity contribution in [3.8, 4) is 0 Å². The molecule has 1 aliphatic heterocycles. The van der Waals surface area contributed by atoms with Gasteiger partial charge in [0.1, 0.15) is 0 Å². The number of rotatable bonds is 1. The van der Waals surface area contributed by atoms with E-state index in [0.717, 1.165) is 11.1 Å². The van der Waals surface area contributed by atoms with Gasteiger partial charge in [-0.15, -0.1) is 0 Å². The minimum Gasteiger partial charge on any atom is -0.319 e. The molecule has 2 aromatic carbocycles. The molecule has 0 spiro atoms. The van der Waals surface area contributed by atoms with Gasteiger partial charge < -0.3 is 5.32 Å². The van der Waals surface area contributed by atoms with Crippen LogP contribution in [0, 0.1) is 6.92 Å². The van der Waals surface area contributed by atoms with Crippen LogP contribution in [0.3, 0.4) is 0 Å². The van der Waals surface area contributed by atoms with E-state index in [1.54, 1.807) is 30.3 Å². The zero-order valence-corrected chi connectivity index (χ0v) is 11.0. The number of carbonyl (C=O) groups is 2. The number of amides is 1. The SMILES string of the molecule is Cc1ccc(/C=C2\NC(=O)c3ccccc3C2=O)cc1. The van der Waals surface area contributed by atoms with Gasteiger partial charge in [-0.3, -0.25) is 9.59 Å². The maximum Gasteiger partial charge on any atom is 0.256 e. The van der Waals surface area contributed by atoms with Gasteiger partial charge in [-0.05, 0) is 24.6 Å². The molecule has 3 heteroatoms. The van der Waals surface area contributed by atoms with Crippen LogP contribution in [-0.2, 0) is 0 Å². The van der Waals surface area contributed by atoms with Crippen molar-refractivity contribution in [3.63, 3.8) is 0 Å². The summed E-state index contributed by atoms with van der Waals surface area (Å²) in [7, 11) is 0. The zero-order chi connectivity index (χ0) is 14.1. The summed E-state index contributed by atoms with van der Waals surface area (Å²) in [5.74, 6) is -0.390. The number of carbonyl (C=O) groups excluding carboxylic acids is 2. The third-order valence-electron chi connectivity index (χ3n) is 3.30. The number of Topliss-reactive ketones (excluding diaryl/α,β-unsaturated/α-hetero) is 1. The third kappa shape index (κ3) is 2.14. The van der Waals surface area contributed by atoms with Gasteiger partial charge in [0.25, 0.3) is 5.91 Å². The van der Waals surface area contributed by atoms with E-state index < -0.39 is 0 Å². The molecule has 0 saturated carbocycles. The summed E-state index contributed by atoms with van der Waals surface area (Å²) in [5, 5.41) is 2.66. The summed E-state index contributed by atoms with van der Waals surface area (Å²) < 4.78 is 0. The topological polar surface area (TPSA) is 46.2 Å². The first-order valence-electron chi connectivity index (χ1n) is 6.38. The molecule has 3 rings (SSSR count). The predicted octanol–water partition coefficient (Wildman–Crippen LogP) is 2.96. The average molecular weight is 263 g/mol. The monoisotopic (exact) mass is 263 g/mol. The number of nitrogens with one attached hydrogen (secondary N) is 1. The van der Waals surface area contributed by atoms with E-state index in [1.165, 1.54) is 0 Å². The normalized spacial score (nSPS) is 15.9. The van der Waals surface area contributed by atoms with E-state index >= 15 is 0 Å². The minimum absolute atomic E-state index is 0.152. The highest BCUT2D eigenvalue weighted by Crippen LogP contribution is 2.20. The van der Waals surface area contributed by atoms with Crippen LogP contribution in [0.25, 0.3) is 6.08 Å². The molecule has 0 saturated heterocycles. The Kier molecular flexibility index (Phi) is 2.95. The van der Waals surface area contributed by atoms with E-state index in [1.807, 2.05) is 31.2 Å². The van der Waals surface area contributed by atoms with Gasteiger partial charge >= 0.3 is 0 Å². The summed E-state index contributed by atoms with van der Waals surface area (Å²) in [6.45, 7) is 2.00. The lowest BCUT2D eigenvalue weighted by Gasteiger charge is -2.17. The number of allylic oxidation sites excluding steroid dienone is 1. The molecule has 0 unspecified atom stereocenters. The molecule has 1 aliphatic rings. The van der Waals surface area contributed by atoms with Crippen LogP contribution in [0.1, 0.15) is 31.8 Å². The van der Waals surface area contributed by atoms with Gasteiger partial charge in [0, 0.05) is 5.56 Å². The summed E-state index contributed by atoms with van der Waals surface area (Å²) in [6.07, 6.45) is 1.70. The maximum absolute atomic E-state index is 12.4. The lowest BCUT2D eigenvalue weighted by atomic mass is 9.96. The molecule has 0 aliphatic carbocycles. The fourth-order valence-electron chi connectivity index (χ4n) is 2.20. The summed E-state index contributed by atoms with van der Waals surface area (Å²) in [6, 6.07) is 14.6. The van der Waals surface area contributed by atoms with Crippen LogP contribution >= 0.6 is 0 Å². The van der Waals surface area contributed by atoms with Crippen LogP contribution in [0.5, 0.6) is 0 Å². The van der Waals surface area contributed by atoms with Gasteiger partial charge in [-0.2, -0.15) is 0 Å². The van der Waals surface area contributed by atoms with Crippen molar-refractivity contribution in [1.29, 1.82) is 0 Å². The van der Waals surface area contributed by atoms with E-state index in [4.69, 9.17) is 0 Å². The molecule has 98 valence electrons. The van der Waals surface area contributed by atoms with Crippen molar-refractivity contribution in [2.45, 2.75) is 6.92 Å². The minimum atomic E-state index is -0.237. The molecule has 3 nitrogen and oxygen atoms in total. The Morgan fingerprint density at radius 1 is 0.900 bits per heavy atom. The van der Waals surface area contributed by atoms with Crippen molar-refractivity contribution < 1.29 is 9.59 Å². The highest BCUT2D eigenvalue weighted by atomic mass is 16.2. The van der Waals surface area contributed by atoms with Crippen molar-refractivity contribution in [3.05, 3.63) is 76.5 Å². The number of ketones is 1. The highest BCUT2D eigenvalue weighted by molar-refractivity contribution is 6.22. The molecule has 0 radical (unpaired) electrons. The van der Waals surface area contributed by atoms with Crippen LogP contribution in [0.2, 0.25) is 0 Å². The van der Waals surface area contributed by atoms with Crippen molar-refractivity contribution in [1.82, 2.24) is 5.32 Å². The molecule has 2 aromatic rings. The quantitative estimate of drug-likeness (QED) is 0.804. The number of hydrogen-bond acceptors (Lipinski definition) is 2. The molecule has 0 atom stereocenters. The molecule has 1 heterocycles. The Balaban J connectivity index is 2.03. The van der Waals surface area contributed by atoms with Gasteiger partial charge in [0.2, 0.25) is 5.78 Å². The Bertz CT molecular complexity index is 727. The highest BCUT2D eigenvalue weighted by Gasteiger charge is 2.26. The Labute approximate surface area is 116 Å². The van der Waals surface area contributed by atoms with Gasteiger partial charge in [-0.25, -0.2) is 0 Å². The second-order valence-electron chi connectivity index (χ2n) is 4.80. The summed E-state index contributed by atoms with van der Waals surface area (Å²) in [5.41, 5.74) is 3.24. The lowest BCUT2D eigenvalue weighted by molar-refractivity contribution is 0.0910. The van der Waals surface area contributed by atoms with Crippen LogP contribution in [0.15, 0.2) is 54.2 Å². The van der Waals surface area contributed by atoms with Gasteiger partial charge in [-0.1, -0.05) is 48.0 Å².